The molecule has 0 aliphatic carbocycles. The highest BCUT2D eigenvalue weighted by Crippen LogP contribution is 2.23. The van der Waals surface area contributed by atoms with Crippen LogP contribution in [-0.4, -0.2) is 9.97 Å². The van der Waals surface area contributed by atoms with Crippen LogP contribution < -0.4 is 5.56 Å². The number of aromatic amines is 1. The van der Waals surface area contributed by atoms with Gasteiger partial charge in [-0.2, -0.15) is 0 Å². The van der Waals surface area contributed by atoms with Crippen molar-refractivity contribution < 1.29 is 4.42 Å². The monoisotopic (exact) mass is 262 g/mol. The van der Waals surface area contributed by atoms with Crippen LogP contribution in [0.1, 0.15) is 0 Å². The Kier molecular flexibility index (Phi) is 2.23. The van der Waals surface area contributed by atoms with Gasteiger partial charge in [0.15, 0.2) is 0 Å². The van der Waals surface area contributed by atoms with E-state index in [4.69, 9.17) is 4.42 Å². The van der Waals surface area contributed by atoms with E-state index in [2.05, 4.69) is 9.97 Å². The Morgan fingerprint density at radius 2 is 1.95 bits per heavy atom. The lowest BCUT2D eigenvalue weighted by Gasteiger charge is -2.03. The van der Waals surface area contributed by atoms with Crippen LogP contribution in [0.4, 0.5) is 0 Å². The molecule has 96 valence electrons. The molecule has 0 aliphatic heterocycles. The summed E-state index contributed by atoms with van der Waals surface area (Å²) in [6.45, 7) is 0. The number of hydrogen-bond acceptors (Lipinski definition) is 3. The van der Waals surface area contributed by atoms with Crippen LogP contribution >= 0.6 is 0 Å². The second-order valence-corrected chi connectivity index (χ2v) is 4.60. The fraction of sp³-hybridized carbons (Fsp3) is 0. The molecule has 0 amide bonds. The van der Waals surface area contributed by atoms with Crippen molar-refractivity contribution in [1.82, 2.24) is 9.97 Å². The molecule has 0 fully saturated rings. The van der Waals surface area contributed by atoms with E-state index in [0.29, 0.717) is 16.7 Å². The smallest absolute Gasteiger partial charge is 0.259 e. The normalized spacial score (nSPS) is 11.2. The molecule has 0 radical (unpaired) electrons. The van der Waals surface area contributed by atoms with E-state index < -0.39 is 0 Å². The van der Waals surface area contributed by atoms with Gasteiger partial charge in [-0.1, -0.05) is 24.3 Å². The SMILES string of the molecule is O=c1[nH]c(-c2ccc3ccoc3c2)nc2ccccc12. The molecule has 2 aromatic carbocycles. The highest BCUT2D eigenvalue weighted by molar-refractivity contribution is 5.83. The lowest BCUT2D eigenvalue weighted by Crippen LogP contribution is -2.09. The molecular weight excluding hydrogens is 252 g/mol. The molecule has 2 aromatic heterocycles. The molecule has 4 heteroatoms. The van der Waals surface area contributed by atoms with Crippen molar-refractivity contribution in [2.45, 2.75) is 0 Å². The standard InChI is InChI=1S/C16H10N2O2/c19-16-12-3-1-2-4-13(12)17-15(18-16)11-6-5-10-7-8-20-14(10)9-11/h1-9H,(H,17,18,19). The second kappa shape index (κ2) is 4.06. The Hall–Kier alpha value is -2.88. The van der Waals surface area contributed by atoms with E-state index in [-0.39, 0.29) is 5.56 Å². The Morgan fingerprint density at radius 3 is 2.90 bits per heavy atom. The summed E-state index contributed by atoms with van der Waals surface area (Å²) in [5, 5.41) is 1.62. The van der Waals surface area contributed by atoms with E-state index in [0.717, 1.165) is 16.5 Å². The van der Waals surface area contributed by atoms with Gasteiger partial charge in [0.25, 0.3) is 5.56 Å². The summed E-state index contributed by atoms with van der Waals surface area (Å²) < 4.78 is 5.38. The first-order chi connectivity index (χ1) is 9.81. The number of aromatic nitrogens is 2. The fourth-order valence-corrected chi connectivity index (χ4v) is 2.33. The maximum atomic E-state index is 12.1. The van der Waals surface area contributed by atoms with Gasteiger partial charge < -0.3 is 9.40 Å². The number of fused-ring (bicyclic) bond motifs is 2. The van der Waals surface area contributed by atoms with Gasteiger partial charge in [0.1, 0.15) is 11.4 Å². The molecule has 0 saturated carbocycles. The van der Waals surface area contributed by atoms with Gasteiger partial charge in [0.05, 0.1) is 17.2 Å². The van der Waals surface area contributed by atoms with Crippen LogP contribution in [0.3, 0.4) is 0 Å². The van der Waals surface area contributed by atoms with Crippen molar-refractivity contribution in [2.75, 3.05) is 0 Å². The first-order valence-corrected chi connectivity index (χ1v) is 6.28. The summed E-state index contributed by atoms with van der Waals surface area (Å²) in [7, 11) is 0. The van der Waals surface area contributed by atoms with Crippen molar-refractivity contribution in [3.8, 4) is 11.4 Å². The van der Waals surface area contributed by atoms with Crippen molar-refractivity contribution >= 4 is 21.9 Å². The molecule has 0 unspecified atom stereocenters. The molecule has 0 atom stereocenters. The average Bonchev–Trinajstić information content (AvgIpc) is 2.94. The topological polar surface area (TPSA) is 58.9 Å². The molecule has 1 N–H and O–H groups in total. The summed E-state index contributed by atoms with van der Waals surface area (Å²) in [4.78, 5) is 19.4. The molecule has 4 rings (SSSR count). The first-order valence-electron chi connectivity index (χ1n) is 6.28. The van der Waals surface area contributed by atoms with Crippen molar-refractivity contribution in [1.29, 1.82) is 0 Å². The fourth-order valence-electron chi connectivity index (χ4n) is 2.33. The van der Waals surface area contributed by atoms with Gasteiger partial charge >= 0.3 is 0 Å². The second-order valence-electron chi connectivity index (χ2n) is 4.60. The summed E-state index contributed by atoms with van der Waals surface area (Å²) in [6.07, 6.45) is 1.64. The average molecular weight is 262 g/mol. The van der Waals surface area contributed by atoms with Gasteiger partial charge in [0, 0.05) is 10.9 Å². The number of rotatable bonds is 1. The minimum atomic E-state index is -0.134. The van der Waals surface area contributed by atoms with Gasteiger partial charge in [-0.15, -0.1) is 0 Å². The lowest BCUT2D eigenvalue weighted by atomic mass is 10.1. The molecule has 20 heavy (non-hydrogen) atoms. The number of nitrogens with one attached hydrogen (secondary N) is 1. The Bertz CT molecular complexity index is 982. The van der Waals surface area contributed by atoms with E-state index >= 15 is 0 Å². The van der Waals surface area contributed by atoms with E-state index in [9.17, 15) is 4.79 Å². The number of furan rings is 1. The van der Waals surface area contributed by atoms with Crippen LogP contribution in [0.5, 0.6) is 0 Å². The zero-order valence-corrected chi connectivity index (χ0v) is 10.5. The minimum absolute atomic E-state index is 0.134. The predicted molar refractivity (Wildman–Crippen MR) is 77.6 cm³/mol. The summed E-state index contributed by atoms with van der Waals surface area (Å²) in [5.41, 5.74) is 2.16. The highest BCUT2D eigenvalue weighted by Gasteiger charge is 2.07. The number of H-pyrrole nitrogens is 1. The van der Waals surface area contributed by atoms with Gasteiger partial charge in [0.2, 0.25) is 0 Å². The largest absolute Gasteiger partial charge is 0.464 e. The number of para-hydroxylation sites is 1. The van der Waals surface area contributed by atoms with Crippen molar-refractivity contribution in [2.24, 2.45) is 0 Å². The Morgan fingerprint density at radius 1 is 1.05 bits per heavy atom. The maximum absolute atomic E-state index is 12.1. The third kappa shape index (κ3) is 1.62. The van der Waals surface area contributed by atoms with Gasteiger partial charge in [-0.3, -0.25) is 4.79 Å². The Balaban J connectivity index is 1.99. The molecule has 0 aliphatic rings. The number of nitrogens with zero attached hydrogens (tertiary/aromatic N) is 1. The maximum Gasteiger partial charge on any atom is 0.259 e. The third-order valence-electron chi connectivity index (χ3n) is 3.34. The summed E-state index contributed by atoms with van der Waals surface area (Å²) >= 11 is 0. The first kappa shape index (κ1) is 11.0. The lowest BCUT2D eigenvalue weighted by molar-refractivity contribution is 0.616. The summed E-state index contributed by atoms with van der Waals surface area (Å²) in [6, 6.07) is 14.9. The molecule has 4 nitrogen and oxygen atoms in total. The molecule has 0 saturated heterocycles. The van der Waals surface area contributed by atoms with Crippen molar-refractivity contribution in [3.63, 3.8) is 0 Å². The number of benzene rings is 2. The highest BCUT2D eigenvalue weighted by atomic mass is 16.3. The van der Waals surface area contributed by atoms with Crippen LogP contribution in [-0.2, 0) is 0 Å². The molecule has 2 heterocycles. The van der Waals surface area contributed by atoms with E-state index in [1.807, 2.05) is 42.5 Å². The van der Waals surface area contributed by atoms with E-state index in [1.54, 1.807) is 12.3 Å². The zero-order valence-electron chi connectivity index (χ0n) is 10.5. The van der Waals surface area contributed by atoms with Crippen molar-refractivity contribution in [3.05, 3.63) is 65.1 Å². The van der Waals surface area contributed by atoms with Crippen LogP contribution in [0, 0.1) is 0 Å². The van der Waals surface area contributed by atoms with Crippen LogP contribution in [0.15, 0.2) is 64.0 Å². The van der Waals surface area contributed by atoms with Crippen LogP contribution in [0.25, 0.3) is 33.3 Å². The molecular formula is C16H10N2O2. The zero-order chi connectivity index (χ0) is 13.5. The molecule has 0 bridgehead atoms. The Labute approximate surface area is 113 Å². The summed E-state index contributed by atoms with van der Waals surface area (Å²) in [5.74, 6) is 0.548. The van der Waals surface area contributed by atoms with E-state index in [1.165, 1.54) is 0 Å². The predicted octanol–water partition coefficient (Wildman–Crippen LogP) is 3.34. The molecule has 4 aromatic rings. The number of hydrogen-bond donors (Lipinski definition) is 1. The molecule has 0 spiro atoms. The third-order valence-corrected chi connectivity index (χ3v) is 3.34. The quantitative estimate of drug-likeness (QED) is 0.572. The van der Waals surface area contributed by atoms with Gasteiger partial charge in [-0.25, -0.2) is 4.98 Å². The van der Waals surface area contributed by atoms with Crippen LogP contribution in [0.2, 0.25) is 0 Å². The minimum Gasteiger partial charge on any atom is -0.464 e. The van der Waals surface area contributed by atoms with Gasteiger partial charge in [-0.05, 0) is 24.3 Å².